The van der Waals surface area contributed by atoms with E-state index in [0.29, 0.717) is 12.1 Å². The molecule has 4 atom stereocenters. The lowest BCUT2D eigenvalue weighted by atomic mass is 9.76. The molecule has 4 unspecified atom stereocenters. The molecular weight excluding hydrogens is 318 g/mol. The molecule has 2 aliphatic rings. The summed E-state index contributed by atoms with van der Waals surface area (Å²) < 4.78 is 5.16. The van der Waals surface area contributed by atoms with E-state index in [1.807, 2.05) is 0 Å². The van der Waals surface area contributed by atoms with Crippen molar-refractivity contribution in [3.05, 3.63) is 47.3 Å². The van der Waals surface area contributed by atoms with Crippen LogP contribution < -0.4 is 0 Å². The number of carbonyl (C=O) groups is 1. The molecular formula is C20H23NO2S. The minimum atomic E-state index is -0.0560. The van der Waals surface area contributed by atoms with Gasteiger partial charge in [0.15, 0.2) is 0 Å². The van der Waals surface area contributed by atoms with Crippen molar-refractivity contribution in [1.29, 1.82) is 0 Å². The van der Waals surface area contributed by atoms with Crippen LogP contribution in [0.3, 0.4) is 0 Å². The van der Waals surface area contributed by atoms with Crippen LogP contribution >= 0.6 is 11.3 Å². The lowest BCUT2D eigenvalue weighted by molar-refractivity contribution is -0.150. The molecule has 0 aliphatic carbocycles. The molecule has 0 amide bonds. The molecule has 0 saturated carbocycles. The average molecular weight is 341 g/mol. The topological polar surface area (TPSA) is 29.5 Å². The van der Waals surface area contributed by atoms with Crippen LogP contribution in [0.2, 0.25) is 0 Å². The van der Waals surface area contributed by atoms with Crippen molar-refractivity contribution in [1.82, 2.24) is 4.90 Å². The molecule has 0 N–H and O–H groups in total. The summed E-state index contributed by atoms with van der Waals surface area (Å²) in [6, 6.07) is 13.9. The molecule has 24 heavy (non-hydrogen) atoms. The molecule has 2 saturated heterocycles. The number of ether oxygens (including phenoxy) is 1. The number of hydrogen-bond acceptors (Lipinski definition) is 4. The highest BCUT2D eigenvalue weighted by atomic mass is 32.1. The minimum absolute atomic E-state index is 0.0497. The van der Waals surface area contributed by atoms with Gasteiger partial charge in [0, 0.05) is 22.9 Å². The standard InChI is InChI=1S/C20H23NO2S/c1-21-15-9-10-17(21)19(20(22)23-2)16(12-15)13-5-7-14(8-6-13)18-4-3-11-24-18/h3-8,11,15-17,19H,9-10,12H2,1-2H3. The number of benzene rings is 1. The summed E-state index contributed by atoms with van der Waals surface area (Å²) in [5, 5.41) is 2.10. The number of hydrogen-bond donors (Lipinski definition) is 0. The van der Waals surface area contributed by atoms with Gasteiger partial charge in [-0.3, -0.25) is 9.69 Å². The number of methoxy groups -OCH3 is 1. The van der Waals surface area contributed by atoms with E-state index in [1.54, 1.807) is 11.3 Å². The zero-order valence-electron chi connectivity index (χ0n) is 14.1. The van der Waals surface area contributed by atoms with E-state index < -0.39 is 0 Å². The fraction of sp³-hybridized carbons (Fsp3) is 0.450. The summed E-state index contributed by atoms with van der Waals surface area (Å²) in [6.45, 7) is 0. The Hall–Kier alpha value is -1.65. The molecule has 2 aliphatic heterocycles. The minimum Gasteiger partial charge on any atom is -0.469 e. The molecule has 0 radical (unpaired) electrons. The molecule has 2 aromatic rings. The first-order chi connectivity index (χ1) is 11.7. The molecule has 3 nitrogen and oxygen atoms in total. The Bertz CT molecular complexity index is 710. The highest BCUT2D eigenvalue weighted by molar-refractivity contribution is 7.13. The van der Waals surface area contributed by atoms with Gasteiger partial charge in [-0.05, 0) is 48.9 Å². The van der Waals surface area contributed by atoms with E-state index >= 15 is 0 Å². The maximum atomic E-state index is 12.5. The highest BCUT2D eigenvalue weighted by Gasteiger charge is 2.49. The third-order valence-corrected chi connectivity index (χ3v) is 6.81. The van der Waals surface area contributed by atoms with Crippen LogP contribution in [0.5, 0.6) is 0 Å². The molecule has 4 heteroatoms. The Morgan fingerprint density at radius 2 is 2.00 bits per heavy atom. The van der Waals surface area contributed by atoms with Crippen LogP contribution in [0, 0.1) is 5.92 Å². The summed E-state index contributed by atoms with van der Waals surface area (Å²) in [6.07, 6.45) is 3.34. The third-order valence-electron chi connectivity index (χ3n) is 5.89. The number of fused-ring (bicyclic) bond motifs is 2. The predicted molar refractivity (Wildman–Crippen MR) is 97.2 cm³/mol. The summed E-state index contributed by atoms with van der Waals surface area (Å²) in [7, 11) is 3.68. The molecule has 1 aromatic carbocycles. The monoisotopic (exact) mass is 341 g/mol. The van der Waals surface area contributed by atoms with Crippen molar-refractivity contribution >= 4 is 17.3 Å². The van der Waals surface area contributed by atoms with Gasteiger partial charge < -0.3 is 4.74 Å². The number of rotatable bonds is 3. The number of thiophene rings is 1. The summed E-state index contributed by atoms with van der Waals surface area (Å²) >= 11 is 1.76. The second kappa shape index (κ2) is 6.34. The van der Waals surface area contributed by atoms with Crippen LogP contribution in [-0.2, 0) is 9.53 Å². The van der Waals surface area contributed by atoms with Crippen molar-refractivity contribution in [2.45, 2.75) is 37.3 Å². The van der Waals surface area contributed by atoms with Crippen LogP contribution in [0.25, 0.3) is 10.4 Å². The van der Waals surface area contributed by atoms with E-state index in [-0.39, 0.29) is 17.8 Å². The van der Waals surface area contributed by atoms with Crippen LogP contribution in [0.1, 0.15) is 30.7 Å². The Kier molecular flexibility index (Phi) is 4.19. The smallest absolute Gasteiger partial charge is 0.310 e. The van der Waals surface area contributed by atoms with Crippen molar-refractivity contribution in [2.75, 3.05) is 14.2 Å². The summed E-state index contributed by atoms with van der Waals surface area (Å²) in [5.41, 5.74) is 2.52. The van der Waals surface area contributed by atoms with E-state index in [0.717, 1.165) is 12.8 Å². The Morgan fingerprint density at radius 3 is 2.67 bits per heavy atom. The molecule has 2 bridgehead atoms. The Balaban J connectivity index is 1.65. The summed E-state index contributed by atoms with van der Waals surface area (Å²) in [4.78, 5) is 16.2. The van der Waals surface area contributed by atoms with Gasteiger partial charge in [0.05, 0.1) is 13.0 Å². The first-order valence-corrected chi connectivity index (χ1v) is 9.50. The zero-order valence-corrected chi connectivity index (χ0v) is 15.0. The second-order valence-electron chi connectivity index (χ2n) is 6.95. The van der Waals surface area contributed by atoms with Gasteiger partial charge in [0.1, 0.15) is 0 Å². The second-order valence-corrected chi connectivity index (χ2v) is 7.90. The number of piperidine rings is 1. The van der Waals surface area contributed by atoms with Gasteiger partial charge in [-0.1, -0.05) is 30.3 Å². The van der Waals surface area contributed by atoms with Crippen molar-refractivity contribution in [3.8, 4) is 10.4 Å². The van der Waals surface area contributed by atoms with E-state index in [9.17, 15) is 4.79 Å². The number of carbonyl (C=O) groups excluding carboxylic acids is 1. The predicted octanol–water partition coefficient (Wildman–Crippen LogP) is 4.15. The molecule has 3 heterocycles. The number of esters is 1. The summed E-state index contributed by atoms with van der Waals surface area (Å²) in [5.74, 6) is 0.161. The molecule has 126 valence electrons. The van der Waals surface area contributed by atoms with Gasteiger partial charge in [0.25, 0.3) is 0 Å². The molecule has 0 spiro atoms. The highest BCUT2D eigenvalue weighted by Crippen LogP contribution is 2.46. The SMILES string of the molecule is COC(=O)C1C(c2ccc(-c3cccs3)cc2)CC2CCC1N2C. The lowest BCUT2D eigenvalue weighted by Gasteiger charge is -2.41. The van der Waals surface area contributed by atoms with Crippen LogP contribution in [-0.4, -0.2) is 37.1 Å². The molecule has 2 fully saturated rings. The lowest BCUT2D eigenvalue weighted by Crippen LogP contribution is -2.49. The zero-order chi connectivity index (χ0) is 16.7. The normalized spacial score (nSPS) is 29.6. The van der Waals surface area contributed by atoms with Gasteiger partial charge in [-0.15, -0.1) is 11.3 Å². The first kappa shape index (κ1) is 15.9. The van der Waals surface area contributed by atoms with Crippen molar-refractivity contribution in [3.63, 3.8) is 0 Å². The fourth-order valence-corrected chi connectivity index (χ4v) is 5.34. The van der Waals surface area contributed by atoms with Gasteiger partial charge >= 0.3 is 5.97 Å². The largest absolute Gasteiger partial charge is 0.469 e. The van der Waals surface area contributed by atoms with Gasteiger partial charge in [-0.2, -0.15) is 0 Å². The number of nitrogens with zero attached hydrogens (tertiary/aromatic N) is 1. The quantitative estimate of drug-likeness (QED) is 0.785. The Labute approximate surface area is 147 Å². The van der Waals surface area contributed by atoms with Crippen LogP contribution in [0.15, 0.2) is 41.8 Å². The third kappa shape index (κ3) is 2.58. The van der Waals surface area contributed by atoms with Crippen molar-refractivity contribution in [2.24, 2.45) is 5.92 Å². The van der Waals surface area contributed by atoms with Crippen molar-refractivity contribution < 1.29 is 9.53 Å². The van der Waals surface area contributed by atoms with Gasteiger partial charge in [-0.25, -0.2) is 0 Å². The van der Waals surface area contributed by atoms with Gasteiger partial charge in [0.2, 0.25) is 0 Å². The van der Waals surface area contributed by atoms with Crippen LogP contribution in [0.4, 0.5) is 0 Å². The fourth-order valence-electron chi connectivity index (χ4n) is 4.60. The molecule has 1 aromatic heterocycles. The Morgan fingerprint density at radius 1 is 1.21 bits per heavy atom. The van der Waals surface area contributed by atoms with E-state index in [4.69, 9.17) is 4.74 Å². The maximum Gasteiger partial charge on any atom is 0.310 e. The molecule has 4 rings (SSSR count). The maximum absolute atomic E-state index is 12.5. The average Bonchev–Trinajstić information content (AvgIpc) is 3.21. The van der Waals surface area contributed by atoms with E-state index in [2.05, 4.69) is 53.7 Å². The van der Waals surface area contributed by atoms with E-state index in [1.165, 1.54) is 29.5 Å². The first-order valence-electron chi connectivity index (χ1n) is 8.62.